The van der Waals surface area contributed by atoms with Crippen LogP contribution in [0.25, 0.3) is 0 Å². The van der Waals surface area contributed by atoms with E-state index in [9.17, 15) is 8.42 Å². The summed E-state index contributed by atoms with van der Waals surface area (Å²) in [5, 5.41) is 0.264. The first-order valence-electron chi connectivity index (χ1n) is 6.47. The van der Waals surface area contributed by atoms with Crippen LogP contribution in [0.4, 0.5) is 0 Å². The minimum atomic E-state index is -3.61. The molecular weight excluding hydrogens is 380 g/mol. The molecule has 1 fully saturated rings. The molecule has 0 amide bonds. The average molecular weight is 398 g/mol. The molecule has 1 aliphatic heterocycles. The maximum absolute atomic E-state index is 12.8. The largest absolute Gasteiger partial charge is 0.495 e. The van der Waals surface area contributed by atoms with Gasteiger partial charge in [-0.2, -0.15) is 4.31 Å². The van der Waals surface area contributed by atoms with E-state index in [0.717, 1.165) is 6.42 Å². The average Bonchev–Trinajstić information content (AvgIpc) is 2.85. The van der Waals surface area contributed by atoms with Crippen molar-refractivity contribution in [2.45, 2.75) is 18.2 Å². The molecule has 1 aliphatic rings. The van der Waals surface area contributed by atoms with Gasteiger partial charge in [-0.05, 0) is 46.4 Å². The lowest BCUT2D eigenvalue weighted by Gasteiger charge is -2.23. The number of hydrogen-bond donors (Lipinski definition) is 1. The molecule has 1 atom stereocenters. The summed E-state index contributed by atoms with van der Waals surface area (Å²) in [5.41, 5.74) is 5.56. The molecule has 0 bridgehead atoms. The lowest BCUT2D eigenvalue weighted by Crippen LogP contribution is -2.34. The van der Waals surface area contributed by atoms with Gasteiger partial charge in [0.2, 0.25) is 10.0 Å². The number of hydrogen-bond acceptors (Lipinski definition) is 4. The van der Waals surface area contributed by atoms with Crippen molar-refractivity contribution in [2.75, 3.05) is 26.7 Å². The first-order valence-corrected chi connectivity index (χ1v) is 9.08. The van der Waals surface area contributed by atoms with E-state index in [1.54, 1.807) is 6.07 Å². The molecule has 0 radical (unpaired) electrons. The predicted octanol–water partition coefficient (Wildman–Crippen LogP) is 2.47. The Morgan fingerprint density at radius 2 is 2.19 bits per heavy atom. The zero-order valence-corrected chi connectivity index (χ0v) is 15.1. The molecule has 1 aromatic rings. The third-order valence-electron chi connectivity index (χ3n) is 3.84. The molecule has 1 unspecified atom stereocenters. The molecule has 21 heavy (non-hydrogen) atoms. The van der Waals surface area contributed by atoms with Crippen LogP contribution in [0.5, 0.6) is 5.75 Å². The first kappa shape index (κ1) is 17.0. The molecule has 2 rings (SSSR count). The van der Waals surface area contributed by atoms with Gasteiger partial charge >= 0.3 is 0 Å². The number of halogens is 2. The third-order valence-corrected chi connectivity index (χ3v) is 6.94. The number of nitrogens with zero attached hydrogens (tertiary/aromatic N) is 1. The molecule has 1 heterocycles. The quantitative estimate of drug-likeness (QED) is 0.847. The second-order valence-corrected chi connectivity index (χ2v) is 8.69. The van der Waals surface area contributed by atoms with Gasteiger partial charge < -0.3 is 10.5 Å². The Morgan fingerprint density at radius 3 is 2.71 bits per heavy atom. The summed E-state index contributed by atoms with van der Waals surface area (Å²) >= 11 is 9.33. The van der Waals surface area contributed by atoms with Gasteiger partial charge in [0.1, 0.15) is 5.75 Å². The van der Waals surface area contributed by atoms with E-state index in [-0.39, 0.29) is 15.3 Å². The van der Waals surface area contributed by atoms with Crippen LogP contribution in [-0.4, -0.2) is 39.5 Å². The molecule has 1 saturated heterocycles. The summed E-state index contributed by atoms with van der Waals surface area (Å²) in [4.78, 5) is 0.148. The molecule has 0 aromatic heterocycles. The van der Waals surface area contributed by atoms with E-state index in [1.165, 1.54) is 17.5 Å². The van der Waals surface area contributed by atoms with E-state index in [1.807, 2.05) is 6.92 Å². The molecule has 0 saturated carbocycles. The molecule has 2 N–H and O–H groups in total. The number of ether oxygens (including phenoxy) is 1. The Balaban J connectivity index is 2.40. The topological polar surface area (TPSA) is 72.6 Å². The molecule has 118 valence electrons. The van der Waals surface area contributed by atoms with E-state index >= 15 is 0 Å². The van der Waals surface area contributed by atoms with Gasteiger partial charge in [-0.3, -0.25) is 0 Å². The van der Waals surface area contributed by atoms with Crippen LogP contribution in [0.15, 0.2) is 21.5 Å². The summed E-state index contributed by atoms with van der Waals surface area (Å²) < 4.78 is 32.5. The van der Waals surface area contributed by atoms with Gasteiger partial charge in [0, 0.05) is 17.6 Å². The molecular formula is C13H18BrClN2O3S. The Hall–Kier alpha value is -0.340. The minimum Gasteiger partial charge on any atom is -0.495 e. The highest BCUT2D eigenvalue weighted by atomic mass is 79.9. The van der Waals surface area contributed by atoms with Crippen LogP contribution < -0.4 is 10.5 Å². The fraction of sp³-hybridized carbons (Fsp3) is 0.538. The van der Waals surface area contributed by atoms with Gasteiger partial charge in [0.05, 0.1) is 17.0 Å². The van der Waals surface area contributed by atoms with E-state index in [0.29, 0.717) is 29.9 Å². The second-order valence-electron chi connectivity index (χ2n) is 5.52. The molecule has 8 heteroatoms. The lowest BCUT2D eigenvalue weighted by atomic mass is 9.90. The van der Waals surface area contributed by atoms with Crippen LogP contribution >= 0.6 is 27.5 Å². The lowest BCUT2D eigenvalue weighted by molar-refractivity contribution is 0.349. The number of sulfonamides is 1. The van der Waals surface area contributed by atoms with Crippen LogP contribution in [0.2, 0.25) is 5.02 Å². The summed E-state index contributed by atoms with van der Waals surface area (Å²) in [6, 6.07) is 2.98. The van der Waals surface area contributed by atoms with E-state index < -0.39 is 10.0 Å². The number of methoxy groups -OCH3 is 1. The maximum Gasteiger partial charge on any atom is 0.244 e. The van der Waals surface area contributed by atoms with Crippen LogP contribution in [-0.2, 0) is 10.0 Å². The maximum atomic E-state index is 12.8. The zero-order chi connectivity index (χ0) is 15.8. The van der Waals surface area contributed by atoms with Crippen molar-refractivity contribution < 1.29 is 13.2 Å². The Morgan fingerprint density at radius 1 is 1.52 bits per heavy atom. The van der Waals surface area contributed by atoms with E-state index in [2.05, 4.69) is 15.9 Å². The van der Waals surface area contributed by atoms with Crippen LogP contribution in [0, 0.1) is 5.41 Å². The van der Waals surface area contributed by atoms with Gasteiger partial charge in [0.15, 0.2) is 0 Å². The number of nitrogens with two attached hydrogens (primary N) is 1. The fourth-order valence-electron chi connectivity index (χ4n) is 2.35. The molecule has 1 aromatic carbocycles. The number of rotatable bonds is 4. The summed E-state index contributed by atoms with van der Waals surface area (Å²) in [7, 11) is -2.13. The minimum absolute atomic E-state index is 0.148. The first-order chi connectivity index (χ1) is 9.73. The van der Waals surface area contributed by atoms with Gasteiger partial charge in [-0.25, -0.2) is 8.42 Å². The van der Waals surface area contributed by atoms with Crippen molar-refractivity contribution in [1.82, 2.24) is 4.31 Å². The van der Waals surface area contributed by atoms with Crippen molar-refractivity contribution in [1.29, 1.82) is 0 Å². The normalized spacial score (nSPS) is 23.5. The fourth-order valence-corrected chi connectivity index (χ4v) is 5.26. The van der Waals surface area contributed by atoms with Gasteiger partial charge in [-0.1, -0.05) is 18.5 Å². The molecule has 5 nitrogen and oxygen atoms in total. The zero-order valence-electron chi connectivity index (χ0n) is 11.9. The summed E-state index contributed by atoms with van der Waals surface area (Å²) in [6.07, 6.45) is 0.754. The van der Waals surface area contributed by atoms with Gasteiger partial charge in [-0.15, -0.1) is 0 Å². The van der Waals surface area contributed by atoms with Crippen molar-refractivity contribution in [3.8, 4) is 5.75 Å². The summed E-state index contributed by atoms with van der Waals surface area (Å²) in [6.45, 7) is 3.34. The van der Waals surface area contributed by atoms with Crippen LogP contribution in [0.1, 0.15) is 13.3 Å². The van der Waals surface area contributed by atoms with Crippen molar-refractivity contribution in [2.24, 2.45) is 11.1 Å². The van der Waals surface area contributed by atoms with Crippen molar-refractivity contribution in [3.05, 3.63) is 21.6 Å². The SMILES string of the molecule is COc1cc(Br)c(S(=O)(=O)N2CCC(C)(CN)C2)cc1Cl. The Kier molecular flexibility index (Phi) is 4.90. The standard InChI is InChI=1S/C13H18BrClN2O3S/c1-13(7-16)3-4-17(8-13)21(18,19)12-6-10(15)11(20-2)5-9(12)14/h5-6H,3-4,7-8,16H2,1-2H3. The van der Waals surface area contributed by atoms with Gasteiger partial charge in [0.25, 0.3) is 0 Å². The summed E-state index contributed by atoms with van der Waals surface area (Å²) in [5.74, 6) is 0.427. The van der Waals surface area contributed by atoms with Crippen molar-refractivity contribution in [3.63, 3.8) is 0 Å². The van der Waals surface area contributed by atoms with Crippen LogP contribution in [0.3, 0.4) is 0 Å². The Bertz CT molecular complexity index is 653. The number of benzene rings is 1. The highest BCUT2D eigenvalue weighted by Gasteiger charge is 2.39. The monoisotopic (exact) mass is 396 g/mol. The molecule has 0 aliphatic carbocycles. The third kappa shape index (κ3) is 3.22. The van der Waals surface area contributed by atoms with E-state index in [4.69, 9.17) is 22.1 Å². The predicted molar refractivity (Wildman–Crippen MR) is 86.2 cm³/mol. The molecule has 0 spiro atoms. The second kappa shape index (κ2) is 6.04. The smallest absolute Gasteiger partial charge is 0.244 e. The highest BCUT2D eigenvalue weighted by molar-refractivity contribution is 9.10. The highest BCUT2D eigenvalue weighted by Crippen LogP contribution is 2.38. The van der Waals surface area contributed by atoms with Crippen molar-refractivity contribution >= 4 is 37.6 Å². The Labute approximate surface area is 138 Å².